The zero-order valence-corrected chi connectivity index (χ0v) is 18.1. The van der Waals surface area contributed by atoms with E-state index in [1.165, 1.54) is 23.0 Å². The lowest BCUT2D eigenvalue weighted by Crippen LogP contribution is -2.09. The van der Waals surface area contributed by atoms with Crippen molar-refractivity contribution in [2.75, 3.05) is 5.73 Å². The Labute approximate surface area is 195 Å². The highest BCUT2D eigenvalue weighted by atomic mass is 19.4. The third kappa shape index (κ3) is 4.04. The molecule has 174 valence electrons. The van der Waals surface area contributed by atoms with Crippen LogP contribution in [0.3, 0.4) is 0 Å². The molecule has 9 nitrogen and oxygen atoms in total. The second-order valence-corrected chi connectivity index (χ2v) is 7.61. The highest BCUT2D eigenvalue weighted by Gasteiger charge is 2.32. The van der Waals surface area contributed by atoms with Crippen molar-refractivity contribution in [1.29, 1.82) is 5.26 Å². The molecule has 0 saturated carbocycles. The number of pyridine rings is 1. The molecular weight excluding hydrogens is 461 g/mol. The highest BCUT2D eigenvalue weighted by molar-refractivity contribution is 5.89. The third-order valence-corrected chi connectivity index (χ3v) is 5.23. The van der Waals surface area contributed by atoms with Crippen LogP contribution in [0.5, 0.6) is 0 Å². The Morgan fingerprint density at radius 2 is 1.91 bits per heavy atom. The first-order valence-corrected chi connectivity index (χ1v) is 10.2. The molecule has 4 aromatic heterocycles. The number of fused-ring (bicyclic) bond motifs is 1. The van der Waals surface area contributed by atoms with Crippen LogP contribution in [-0.2, 0) is 12.6 Å². The lowest BCUT2D eigenvalue weighted by Gasteiger charge is -2.10. The van der Waals surface area contributed by atoms with Crippen LogP contribution >= 0.6 is 0 Å². The smallest absolute Gasteiger partial charge is 0.433 e. The topological polar surface area (TPSA) is 132 Å². The van der Waals surface area contributed by atoms with Gasteiger partial charge in [0, 0.05) is 11.3 Å². The molecule has 12 heteroatoms. The van der Waals surface area contributed by atoms with Gasteiger partial charge in [-0.2, -0.15) is 22.9 Å². The summed E-state index contributed by atoms with van der Waals surface area (Å²) in [6, 6.07) is 12.5. The van der Waals surface area contributed by atoms with E-state index in [-0.39, 0.29) is 29.5 Å². The molecule has 0 spiro atoms. The van der Waals surface area contributed by atoms with Gasteiger partial charge in [-0.1, -0.05) is 18.2 Å². The number of nitriles is 1. The third-order valence-electron chi connectivity index (χ3n) is 5.23. The van der Waals surface area contributed by atoms with Gasteiger partial charge in [-0.3, -0.25) is 0 Å². The minimum atomic E-state index is -4.57. The minimum absolute atomic E-state index is 0.00553. The molecule has 0 aliphatic rings. The standard InChI is InChI=1S/C23H15F3N8O/c1-12-20(35-11-29-12)18-19(14-5-2-4-13(8-14)10-27)32-22(28)34-21(18)31-17(33-34)9-15-6-3-7-16(30-15)23(24,25)26/h2-8,11H,9H2,1H3,(H2,28,32). The summed E-state index contributed by atoms with van der Waals surface area (Å²) in [5, 5.41) is 13.7. The van der Waals surface area contributed by atoms with E-state index in [1.807, 2.05) is 0 Å². The number of aryl methyl sites for hydroxylation is 1. The average Bonchev–Trinajstić information content (AvgIpc) is 3.45. The monoisotopic (exact) mass is 476 g/mol. The van der Waals surface area contributed by atoms with Crippen LogP contribution < -0.4 is 5.73 Å². The van der Waals surface area contributed by atoms with Crippen LogP contribution in [0.2, 0.25) is 0 Å². The number of hydrogen-bond donors (Lipinski definition) is 1. The van der Waals surface area contributed by atoms with Gasteiger partial charge in [-0.25, -0.2) is 19.9 Å². The number of nitrogen functional groups attached to an aromatic ring is 1. The summed E-state index contributed by atoms with van der Waals surface area (Å²) in [7, 11) is 0. The van der Waals surface area contributed by atoms with E-state index in [4.69, 9.17) is 10.2 Å². The molecular formula is C23H15F3N8O. The number of rotatable bonds is 4. The molecule has 0 aliphatic carbocycles. The summed E-state index contributed by atoms with van der Waals surface area (Å²) in [6.45, 7) is 1.74. The summed E-state index contributed by atoms with van der Waals surface area (Å²) in [4.78, 5) is 16.9. The fraction of sp³-hybridized carbons (Fsp3) is 0.130. The van der Waals surface area contributed by atoms with E-state index in [0.717, 1.165) is 6.07 Å². The number of nitrogens with zero attached hydrogens (tertiary/aromatic N) is 7. The minimum Gasteiger partial charge on any atom is -0.443 e. The molecule has 35 heavy (non-hydrogen) atoms. The number of aromatic nitrogens is 6. The van der Waals surface area contributed by atoms with Crippen molar-refractivity contribution >= 4 is 11.6 Å². The number of alkyl halides is 3. The van der Waals surface area contributed by atoms with Gasteiger partial charge >= 0.3 is 6.18 Å². The van der Waals surface area contributed by atoms with Crippen LogP contribution in [0, 0.1) is 18.3 Å². The predicted octanol–water partition coefficient (Wildman–Crippen LogP) is 4.21. The summed E-state index contributed by atoms with van der Waals surface area (Å²) < 4.78 is 46.1. The van der Waals surface area contributed by atoms with Crippen LogP contribution in [0.4, 0.5) is 19.1 Å². The molecule has 0 bridgehead atoms. The second kappa shape index (κ2) is 8.21. The summed E-state index contributed by atoms with van der Waals surface area (Å²) in [5.41, 5.74) is 7.99. The first-order valence-electron chi connectivity index (χ1n) is 10.2. The summed E-state index contributed by atoms with van der Waals surface area (Å²) in [6.07, 6.45) is -3.36. The van der Waals surface area contributed by atoms with E-state index < -0.39 is 11.9 Å². The molecule has 2 N–H and O–H groups in total. The van der Waals surface area contributed by atoms with Crippen molar-refractivity contribution in [3.8, 4) is 28.7 Å². The highest BCUT2D eigenvalue weighted by Crippen LogP contribution is 2.36. The van der Waals surface area contributed by atoms with E-state index in [9.17, 15) is 18.4 Å². The van der Waals surface area contributed by atoms with E-state index in [0.29, 0.717) is 33.8 Å². The zero-order chi connectivity index (χ0) is 24.7. The largest absolute Gasteiger partial charge is 0.443 e. The average molecular weight is 476 g/mol. The van der Waals surface area contributed by atoms with Gasteiger partial charge in [0.25, 0.3) is 0 Å². The van der Waals surface area contributed by atoms with Crippen molar-refractivity contribution in [2.45, 2.75) is 19.5 Å². The first kappa shape index (κ1) is 22.0. The Morgan fingerprint density at radius 3 is 2.63 bits per heavy atom. The lowest BCUT2D eigenvalue weighted by molar-refractivity contribution is -0.141. The Hall–Kier alpha value is -4.79. The van der Waals surface area contributed by atoms with E-state index in [1.54, 1.807) is 31.2 Å². The molecule has 0 radical (unpaired) electrons. The van der Waals surface area contributed by atoms with Crippen LogP contribution in [0.15, 0.2) is 53.3 Å². The number of oxazole rings is 1. The van der Waals surface area contributed by atoms with Gasteiger partial charge in [0.1, 0.15) is 5.69 Å². The number of hydrogen-bond acceptors (Lipinski definition) is 8. The van der Waals surface area contributed by atoms with Gasteiger partial charge in [-0.15, -0.1) is 5.10 Å². The van der Waals surface area contributed by atoms with Gasteiger partial charge in [0.2, 0.25) is 5.95 Å². The van der Waals surface area contributed by atoms with Gasteiger partial charge in [-0.05, 0) is 31.2 Å². The van der Waals surface area contributed by atoms with Crippen molar-refractivity contribution in [2.24, 2.45) is 0 Å². The normalized spacial score (nSPS) is 11.6. The summed E-state index contributed by atoms with van der Waals surface area (Å²) in [5.74, 6) is 0.553. The maximum Gasteiger partial charge on any atom is 0.433 e. The fourth-order valence-electron chi connectivity index (χ4n) is 3.67. The molecule has 0 aliphatic heterocycles. The number of anilines is 1. The number of halogens is 3. The van der Waals surface area contributed by atoms with Crippen LogP contribution in [0.25, 0.3) is 28.2 Å². The SMILES string of the molecule is Cc1ncoc1-c1c(-c2cccc(C#N)c2)nc(N)n2nc(Cc3cccc(C(F)(F)F)n3)nc12. The van der Waals surface area contributed by atoms with Crippen molar-refractivity contribution in [3.63, 3.8) is 0 Å². The maximum atomic E-state index is 13.1. The molecule has 5 rings (SSSR count). The Bertz CT molecular complexity index is 1610. The number of nitrogens with two attached hydrogens (primary N) is 1. The summed E-state index contributed by atoms with van der Waals surface area (Å²) >= 11 is 0. The Kier molecular flexibility index (Phi) is 5.17. The van der Waals surface area contributed by atoms with E-state index >= 15 is 0 Å². The van der Waals surface area contributed by atoms with Gasteiger partial charge < -0.3 is 10.2 Å². The molecule has 4 heterocycles. The van der Waals surface area contributed by atoms with Gasteiger partial charge in [0.05, 0.1) is 35.0 Å². The molecule has 0 fully saturated rings. The quantitative estimate of drug-likeness (QED) is 0.408. The van der Waals surface area contributed by atoms with Crippen molar-refractivity contribution in [3.05, 3.63) is 77.3 Å². The Morgan fingerprint density at radius 1 is 1.11 bits per heavy atom. The van der Waals surface area contributed by atoms with E-state index in [2.05, 4.69) is 31.1 Å². The maximum absolute atomic E-state index is 13.1. The first-order chi connectivity index (χ1) is 16.7. The van der Waals surface area contributed by atoms with Crippen molar-refractivity contribution in [1.82, 2.24) is 29.5 Å². The van der Waals surface area contributed by atoms with Crippen LogP contribution in [0.1, 0.15) is 28.5 Å². The Balaban J connectivity index is 1.70. The van der Waals surface area contributed by atoms with Gasteiger partial charge in [0.15, 0.2) is 23.6 Å². The molecule has 0 atom stereocenters. The molecule has 1 aromatic carbocycles. The fourth-order valence-corrected chi connectivity index (χ4v) is 3.67. The molecule has 0 amide bonds. The molecule has 5 aromatic rings. The number of benzene rings is 1. The van der Waals surface area contributed by atoms with Crippen molar-refractivity contribution < 1.29 is 17.6 Å². The predicted molar refractivity (Wildman–Crippen MR) is 118 cm³/mol. The molecule has 0 saturated heterocycles. The van der Waals surface area contributed by atoms with Crippen LogP contribution in [-0.4, -0.2) is 29.5 Å². The zero-order valence-electron chi connectivity index (χ0n) is 18.1. The second-order valence-electron chi connectivity index (χ2n) is 7.61. The molecule has 0 unspecified atom stereocenters. The lowest BCUT2D eigenvalue weighted by atomic mass is 10.0.